The van der Waals surface area contributed by atoms with Crippen molar-refractivity contribution in [2.24, 2.45) is 0 Å². The Morgan fingerprint density at radius 2 is 1.84 bits per heavy atom. The maximum Gasteiger partial charge on any atom is 0.537 e. The van der Waals surface area contributed by atoms with Gasteiger partial charge in [0, 0.05) is 4.67 Å². The summed E-state index contributed by atoms with van der Waals surface area (Å²) >= 11 is 0. The van der Waals surface area contributed by atoms with E-state index in [1.165, 1.54) is 0 Å². The molecular formula is C8H6F4O5PS+. The highest BCUT2D eigenvalue weighted by Gasteiger charge is 2.39. The number of halogens is 4. The second kappa shape index (κ2) is 5.49. The molecule has 19 heavy (non-hydrogen) atoms. The molecule has 11 heteroatoms. The van der Waals surface area contributed by atoms with Crippen LogP contribution in [0.2, 0.25) is 0 Å². The molecule has 1 atom stereocenters. The maximum atomic E-state index is 12.8. The van der Waals surface area contributed by atoms with E-state index < -0.39 is 40.6 Å². The Morgan fingerprint density at radius 3 is 2.32 bits per heavy atom. The fraction of sp³-hybridized carbons (Fsp3) is 0.250. The normalized spacial score (nSPS) is 13.4. The molecule has 0 spiro atoms. The van der Waals surface area contributed by atoms with Crippen molar-refractivity contribution >= 4 is 18.1 Å². The number of hydrogen-bond donors (Lipinski definition) is 0. The van der Waals surface area contributed by atoms with E-state index in [4.69, 9.17) is 0 Å². The lowest BCUT2D eigenvalue weighted by molar-refractivity contribution is -0.140. The summed E-state index contributed by atoms with van der Waals surface area (Å²) in [6.45, 7) is 0.931. The van der Waals surface area contributed by atoms with Gasteiger partial charge in [0.1, 0.15) is 10.7 Å². The fourth-order valence-electron chi connectivity index (χ4n) is 1.06. The van der Waals surface area contributed by atoms with Gasteiger partial charge in [-0.1, -0.05) is 4.33 Å². The molecule has 1 aromatic rings. The van der Waals surface area contributed by atoms with Crippen LogP contribution in [0.5, 0.6) is 0 Å². The minimum absolute atomic E-state index is 0.00218. The van der Waals surface area contributed by atoms with Crippen molar-refractivity contribution in [1.29, 1.82) is 0 Å². The van der Waals surface area contributed by atoms with Crippen molar-refractivity contribution in [3.63, 3.8) is 0 Å². The third kappa shape index (κ3) is 4.20. The third-order valence-corrected chi connectivity index (χ3v) is 3.27. The van der Waals surface area contributed by atoms with Crippen LogP contribution in [0.25, 0.3) is 0 Å². The van der Waals surface area contributed by atoms with Gasteiger partial charge in [0.2, 0.25) is 0 Å². The van der Waals surface area contributed by atoms with Crippen molar-refractivity contribution in [1.82, 2.24) is 0 Å². The van der Waals surface area contributed by atoms with Gasteiger partial charge >= 0.3 is 24.3 Å². The smallest absolute Gasteiger partial charge is 0.207 e. The lowest BCUT2D eigenvalue weighted by atomic mass is 10.2. The van der Waals surface area contributed by atoms with E-state index in [1.54, 1.807) is 0 Å². The fourth-order valence-corrected chi connectivity index (χ4v) is 2.48. The molecule has 0 aliphatic carbocycles. The standard InChI is InChI=1S/C8H6F4O5PS/c1-18(13)16-17-19(14,15)7-3-2-5(9)4-6(7)8(10,11)12/h2-4H,1H3/q+1. The molecular weight excluding hydrogens is 315 g/mol. The van der Waals surface area contributed by atoms with E-state index in [1.807, 2.05) is 0 Å². The summed E-state index contributed by atoms with van der Waals surface area (Å²) in [5.41, 5.74) is -1.75. The molecule has 0 heterocycles. The Hall–Kier alpha value is -1.09. The van der Waals surface area contributed by atoms with Crippen LogP contribution in [0.3, 0.4) is 0 Å². The number of hydrogen-bond acceptors (Lipinski definition) is 5. The molecule has 1 unspecified atom stereocenters. The van der Waals surface area contributed by atoms with Crippen molar-refractivity contribution in [3.05, 3.63) is 29.6 Å². The van der Waals surface area contributed by atoms with E-state index in [0.29, 0.717) is 12.1 Å². The van der Waals surface area contributed by atoms with Crippen LogP contribution in [-0.4, -0.2) is 15.1 Å². The van der Waals surface area contributed by atoms with Crippen molar-refractivity contribution < 1.29 is 39.6 Å². The number of benzene rings is 1. The molecule has 0 fully saturated rings. The van der Waals surface area contributed by atoms with Crippen molar-refractivity contribution in [2.45, 2.75) is 11.1 Å². The molecule has 0 bridgehead atoms. The number of alkyl halides is 3. The molecule has 0 saturated carbocycles. The highest BCUT2D eigenvalue weighted by Crippen LogP contribution is 2.35. The largest absolute Gasteiger partial charge is 0.537 e. The third-order valence-electron chi connectivity index (χ3n) is 1.74. The first-order valence-corrected chi connectivity index (χ1v) is 7.46. The summed E-state index contributed by atoms with van der Waals surface area (Å²) in [6.07, 6.45) is -5.11. The monoisotopic (exact) mass is 321 g/mol. The quantitative estimate of drug-likeness (QED) is 0.369. The first kappa shape index (κ1) is 16.0. The van der Waals surface area contributed by atoms with Gasteiger partial charge in [-0.15, -0.1) is 0 Å². The topological polar surface area (TPSA) is 69.7 Å². The van der Waals surface area contributed by atoms with Gasteiger partial charge in [-0.05, 0) is 22.8 Å². The first-order valence-electron chi connectivity index (χ1n) is 4.43. The molecule has 0 aromatic heterocycles. The van der Waals surface area contributed by atoms with Crippen molar-refractivity contribution in [3.8, 4) is 0 Å². The second-order valence-electron chi connectivity index (χ2n) is 3.17. The predicted molar refractivity (Wildman–Crippen MR) is 54.3 cm³/mol. The average Bonchev–Trinajstić information content (AvgIpc) is 2.25. The van der Waals surface area contributed by atoms with Gasteiger partial charge in [0.25, 0.3) is 0 Å². The van der Waals surface area contributed by atoms with E-state index in [-0.39, 0.29) is 6.07 Å². The van der Waals surface area contributed by atoms with Gasteiger partial charge in [-0.3, -0.25) is 0 Å². The van der Waals surface area contributed by atoms with Gasteiger partial charge in [0.15, 0.2) is 6.66 Å². The lowest BCUT2D eigenvalue weighted by Crippen LogP contribution is -2.15. The van der Waals surface area contributed by atoms with Crippen LogP contribution in [-0.2, 0) is 29.9 Å². The van der Waals surface area contributed by atoms with Crippen LogP contribution >= 0.6 is 8.03 Å². The Kier molecular flexibility index (Phi) is 4.62. The highest BCUT2D eigenvalue weighted by molar-refractivity contribution is 7.86. The van der Waals surface area contributed by atoms with E-state index in [2.05, 4.69) is 9.01 Å². The van der Waals surface area contributed by atoms with E-state index in [0.717, 1.165) is 6.66 Å². The highest BCUT2D eigenvalue weighted by atomic mass is 32.2. The summed E-state index contributed by atoms with van der Waals surface area (Å²) in [5.74, 6) is -1.27. The first-order chi connectivity index (χ1) is 8.54. The maximum absolute atomic E-state index is 12.8. The van der Waals surface area contributed by atoms with E-state index >= 15 is 0 Å². The van der Waals surface area contributed by atoms with Crippen LogP contribution in [0.15, 0.2) is 23.1 Å². The molecule has 0 saturated heterocycles. The molecule has 1 aromatic carbocycles. The summed E-state index contributed by atoms with van der Waals surface area (Å²) in [7, 11) is -7.48. The van der Waals surface area contributed by atoms with Gasteiger partial charge in [-0.2, -0.15) is 21.6 Å². The summed E-state index contributed by atoms with van der Waals surface area (Å²) in [5, 5.41) is 0. The minimum atomic E-state index is -5.11. The molecule has 0 aliphatic rings. The predicted octanol–water partition coefficient (Wildman–Crippen LogP) is 2.85. The Balaban J connectivity index is 3.31. The lowest BCUT2D eigenvalue weighted by Gasteiger charge is -2.11. The van der Waals surface area contributed by atoms with Gasteiger partial charge < -0.3 is 0 Å². The van der Waals surface area contributed by atoms with Crippen molar-refractivity contribution in [2.75, 3.05) is 6.66 Å². The van der Waals surface area contributed by atoms with Crippen LogP contribution in [0.4, 0.5) is 17.6 Å². The summed E-state index contributed by atoms with van der Waals surface area (Å²) in [6, 6.07) is 0.888. The average molecular weight is 321 g/mol. The molecule has 1 rings (SSSR count). The van der Waals surface area contributed by atoms with Gasteiger partial charge in [0.05, 0.1) is 5.56 Å². The molecule has 5 nitrogen and oxygen atoms in total. The molecule has 0 N–H and O–H groups in total. The van der Waals surface area contributed by atoms with Crippen LogP contribution in [0, 0.1) is 5.82 Å². The van der Waals surface area contributed by atoms with Crippen LogP contribution < -0.4 is 0 Å². The SMILES string of the molecule is C[P+](=O)OOS(=O)(=O)c1ccc(F)cc1C(F)(F)F. The van der Waals surface area contributed by atoms with Gasteiger partial charge in [-0.25, -0.2) is 4.39 Å². The number of rotatable bonds is 4. The Morgan fingerprint density at radius 1 is 1.26 bits per heavy atom. The Bertz CT molecular complexity index is 598. The van der Waals surface area contributed by atoms with E-state index in [9.17, 15) is 30.5 Å². The summed E-state index contributed by atoms with van der Waals surface area (Å²) in [4.78, 5) is -1.33. The molecule has 106 valence electrons. The molecule has 0 radical (unpaired) electrons. The molecule has 0 amide bonds. The Labute approximate surface area is 106 Å². The summed E-state index contributed by atoms with van der Waals surface area (Å²) < 4.78 is 91.4. The minimum Gasteiger partial charge on any atom is -0.207 e. The molecule has 0 aliphatic heterocycles. The zero-order valence-corrected chi connectivity index (χ0v) is 10.9. The van der Waals surface area contributed by atoms with Crippen LogP contribution in [0.1, 0.15) is 5.56 Å². The zero-order valence-electron chi connectivity index (χ0n) is 9.14. The second-order valence-corrected chi connectivity index (χ2v) is 5.69. The zero-order chi connectivity index (χ0) is 14.8.